The van der Waals surface area contributed by atoms with E-state index in [1.54, 1.807) is 19.1 Å². The maximum atomic E-state index is 12.8. The summed E-state index contributed by atoms with van der Waals surface area (Å²) in [5.41, 5.74) is 7.73. The zero-order valence-electron chi connectivity index (χ0n) is 11.2. The molecule has 7 heteroatoms. The number of hydrogen-bond acceptors (Lipinski definition) is 3. The van der Waals surface area contributed by atoms with E-state index in [9.17, 15) is 14.3 Å². The molecule has 1 rings (SSSR count). The summed E-state index contributed by atoms with van der Waals surface area (Å²) in [5.74, 6) is -1.33. The van der Waals surface area contributed by atoms with Crippen molar-refractivity contribution in [3.05, 3.63) is 46.1 Å². The molecule has 0 radical (unpaired) electrons. The summed E-state index contributed by atoms with van der Waals surface area (Å²) in [4.78, 5) is 14.0. The van der Waals surface area contributed by atoms with Crippen LogP contribution in [0.25, 0.3) is 10.4 Å². The van der Waals surface area contributed by atoms with Crippen molar-refractivity contribution in [1.82, 2.24) is 5.32 Å². The molecule has 0 amide bonds. The fraction of sp³-hybridized carbons (Fsp3) is 0.462. The van der Waals surface area contributed by atoms with E-state index in [0.29, 0.717) is 19.5 Å². The zero-order chi connectivity index (χ0) is 15.0. The van der Waals surface area contributed by atoms with Gasteiger partial charge in [-0.3, -0.25) is 4.79 Å². The first-order valence-corrected chi connectivity index (χ1v) is 6.21. The minimum atomic E-state index is -1.14. The maximum Gasteiger partial charge on any atom is 0.323 e. The minimum absolute atomic E-state index is 0.240. The zero-order valence-corrected chi connectivity index (χ0v) is 11.2. The molecular formula is C13H17FN4O2. The van der Waals surface area contributed by atoms with Crippen LogP contribution < -0.4 is 5.32 Å². The maximum absolute atomic E-state index is 12.8. The van der Waals surface area contributed by atoms with Crippen molar-refractivity contribution < 1.29 is 14.3 Å². The highest BCUT2D eigenvalue weighted by Gasteiger charge is 2.32. The van der Waals surface area contributed by atoms with Gasteiger partial charge < -0.3 is 10.4 Å². The lowest BCUT2D eigenvalue weighted by molar-refractivity contribution is -0.144. The van der Waals surface area contributed by atoms with E-state index in [0.717, 1.165) is 5.56 Å². The molecular weight excluding hydrogens is 263 g/mol. The largest absolute Gasteiger partial charge is 0.480 e. The van der Waals surface area contributed by atoms with Crippen LogP contribution in [0.5, 0.6) is 0 Å². The highest BCUT2D eigenvalue weighted by Crippen LogP contribution is 2.14. The number of benzene rings is 1. The first kappa shape index (κ1) is 15.9. The van der Waals surface area contributed by atoms with Gasteiger partial charge in [0.1, 0.15) is 11.4 Å². The molecule has 1 aromatic carbocycles. The fourth-order valence-electron chi connectivity index (χ4n) is 1.78. The molecule has 0 fully saturated rings. The SMILES string of the molecule is CC(Cc1ccc(F)cc1)(NCCCN=[N+]=[N-])C(=O)O. The standard InChI is InChI=1S/C13H17FN4O2/c1-13(12(19)20,16-7-2-8-17-18-15)9-10-3-5-11(14)6-4-10/h3-6,16H,2,7-9H2,1H3,(H,19,20). The number of aliphatic carboxylic acids is 1. The first-order chi connectivity index (χ1) is 9.48. The summed E-state index contributed by atoms with van der Waals surface area (Å²) in [6, 6.07) is 5.74. The summed E-state index contributed by atoms with van der Waals surface area (Å²) in [6.45, 7) is 2.31. The number of carboxylic acids is 1. The first-order valence-electron chi connectivity index (χ1n) is 6.21. The van der Waals surface area contributed by atoms with Gasteiger partial charge in [0.15, 0.2) is 0 Å². The van der Waals surface area contributed by atoms with Crippen molar-refractivity contribution in [2.24, 2.45) is 5.11 Å². The van der Waals surface area contributed by atoms with E-state index in [-0.39, 0.29) is 12.2 Å². The Morgan fingerprint density at radius 3 is 2.70 bits per heavy atom. The van der Waals surface area contributed by atoms with E-state index in [1.807, 2.05) is 0 Å². The normalized spacial score (nSPS) is 13.3. The molecule has 0 spiro atoms. The van der Waals surface area contributed by atoms with E-state index in [4.69, 9.17) is 5.53 Å². The predicted molar refractivity (Wildman–Crippen MR) is 72.8 cm³/mol. The molecule has 1 atom stereocenters. The number of rotatable bonds is 8. The molecule has 0 aliphatic carbocycles. The van der Waals surface area contributed by atoms with Crippen molar-refractivity contribution in [2.45, 2.75) is 25.3 Å². The summed E-state index contributed by atoms with van der Waals surface area (Å²) >= 11 is 0. The number of nitrogens with zero attached hydrogens (tertiary/aromatic N) is 3. The smallest absolute Gasteiger partial charge is 0.323 e. The van der Waals surface area contributed by atoms with Crippen LogP contribution in [0.2, 0.25) is 0 Å². The molecule has 0 bridgehead atoms. The lowest BCUT2D eigenvalue weighted by atomic mass is 9.92. The second kappa shape index (κ2) is 7.47. The van der Waals surface area contributed by atoms with Crippen molar-refractivity contribution >= 4 is 5.97 Å². The van der Waals surface area contributed by atoms with E-state index < -0.39 is 11.5 Å². The Balaban J connectivity index is 2.63. The van der Waals surface area contributed by atoms with Gasteiger partial charge in [-0.25, -0.2) is 4.39 Å². The Morgan fingerprint density at radius 1 is 1.50 bits per heavy atom. The molecule has 1 aromatic rings. The third-order valence-electron chi connectivity index (χ3n) is 2.96. The van der Waals surface area contributed by atoms with E-state index >= 15 is 0 Å². The Hall–Kier alpha value is -2.11. The average Bonchev–Trinajstić information content (AvgIpc) is 2.41. The van der Waals surface area contributed by atoms with Gasteiger partial charge in [-0.05, 0) is 43.1 Å². The molecule has 2 N–H and O–H groups in total. The Morgan fingerprint density at radius 2 is 2.15 bits per heavy atom. The van der Waals surface area contributed by atoms with Crippen LogP contribution >= 0.6 is 0 Å². The monoisotopic (exact) mass is 280 g/mol. The van der Waals surface area contributed by atoms with Gasteiger partial charge in [-0.15, -0.1) is 0 Å². The van der Waals surface area contributed by atoms with Crippen molar-refractivity contribution in [1.29, 1.82) is 0 Å². The Labute approximate surface area is 116 Å². The quantitative estimate of drug-likeness (QED) is 0.331. The average molecular weight is 280 g/mol. The summed E-state index contributed by atoms with van der Waals surface area (Å²) in [5, 5.41) is 15.7. The van der Waals surface area contributed by atoms with Gasteiger partial charge >= 0.3 is 5.97 Å². The number of halogens is 1. The number of hydrogen-bond donors (Lipinski definition) is 2. The van der Waals surface area contributed by atoms with Crippen LogP contribution in [0, 0.1) is 5.82 Å². The van der Waals surface area contributed by atoms with Gasteiger partial charge in [0, 0.05) is 17.9 Å². The van der Waals surface area contributed by atoms with Crippen LogP contribution in [-0.2, 0) is 11.2 Å². The molecule has 0 saturated carbocycles. The van der Waals surface area contributed by atoms with Crippen LogP contribution in [0.1, 0.15) is 18.9 Å². The van der Waals surface area contributed by atoms with Crippen molar-refractivity contribution in [3.63, 3.8) is 0 Å². The Kier molecular flexibility index (Phi) is 5.96. The molecule has 0 aromatic heterocycles. The fourth-order valence-corrected chi connectivity index (χ4v) is 1.78. The topological polar surface area (TPSA) is 98.1 Å². The third-order valence-corrected chi connectivity index (χ3v) is 2.96. The van der Waals surface area contributed by atoms with E-state index in [1.165, 1.54) is 12.1 Å². The second-order valence-electron chi connectivity index (χ2n) is 4.68. The highest BCUT2D eigenvalue weighted by atomic mass is 19.1. The van der Waals surface area contributed by atoms with Gasteiger partial charge in [0.25, 0.3) is 0 Å². The summed E-state index contributed by atoms with van der Waals surface area (Å²) in [6.07, 6.45) is 0.792. The second-order valence-corrected chi connectivity index (χ2v) is 4.68. The van der Waals surface area contributed by atoms with Crippen LogP contribution in [-0.4, -0.2) is 29.7 Å². The molecule has 0 heterocycles. The molecule has 0 aliphatic rings. The van der Waals surface area contributed by atoms with Gasteiger partial charge in [-0.2, -0.15) is 0 Å². The molecule has 20 heavy (non-hydrogen) atoms. The minimum Gasteiger partial charge on any atom is -0.480 e. The van der Waals surface area contributed by atoms with Gasteiger partial charge in [0.2, 0.25) is 0 Å². The molecule has 1 unspecified atom stereocenters. The Bertz CT molecular complexity index is 500. The van der Waals surface area contributed by atoms with Crippen LogP contribution in [0.4, 0.5) is 4.39 Å². The predicted octanol–water partition coefficient (Wildman–Crippen LogP) is 2.50. The highest BCUT2D eigenvalue weighted by molar-refractivity contribution is 5.78. The molecule has 108 valence electrons. The number of carbonyl (C=O) groups is 1. The van der Waals surface area contributed by atoms with E-state index in [2.05, 4.69) is 15.3 Å². The van der Waals surface area contributed by atoms with Gasteiger partial charge in [-0.1, -0.05) is 17.2 Å². The van der Waals surface area contributed by atoms with Crippen molar-refractivity contribution in [2.75, 3.05) is 13.1 Å². The number of nitrogens with one attached hydrogen (secondary N) is 1. The van der Waals surface area contributed by atoms with Gasteiger partial charge in [0.05, 0.1) is 0 Å². The summed E-state index contributed by atoms with van der Waals surface area (Å²) in [7, 11) is 0. The third kappa shape index (κ3) is 4.87. The lowest BCUT2D eigenvalue weighted by Gasteiger charge is -2.26. The number of azide groups is 1. The van der Waals surface area contributed by atoms with Crippen LogP contribution in [0.15, 0.2) is 29.4 Å². The van der Waals surface area contributed by atoms with Crippen molar-refractivity contribution in [3.8, 4) is 0 Å². The lowest BCUT2D eigenvalue weighted by Crippen LogP contribution is -2.51. The summed E-state index contributed by atoms with van der Waals surface area (Å²) < 4.78 is 12.8. The van der Waals surface area contributed by atoms with Crippen LogP contribution in [0.3, 0.4) is 0 Å². The molecule has 0 saturated heterocycles. The molecule has 0 aliphatic heterocycles. The number of carboxylic acid groups (broad SMARTS) is 1. The molecule has 6 nitrogen and oxygen atoms in total.